The van der Waals surface area contributed by atoms with Gasteiger partial charge in [0, 0.05) is 17.7 Å². The predicted molar refractivity (Wildman–Crippen MR) is 197 cm³/mol. The molecule has 3 fully saturated rings. The topological polar surface area (TPSA) is 104 Å². The molecule has 2 amide bonds. The van der Waals surface area contributed by atoms with E-state index in [4.69, 9.17) is 50.2 Å². The number of hydrogen-bond acceptors (Lipinski definition) is 9. The van der Waals surface area contributed by atoms with Crippen molar-refractivity contribution in [2.75, 3.05) is 52.7 Å². The number of alkyl halides is 1. The Hall–Kier alpha value is -4.04. The molecule has 7 rings (SSSR count). The van der Waals surface area contributed by atoms with E-state index >= 15 is 0 Å². The minimum atomic E-state index is -0.740. The fourth-order valence-electron chi connectivity index (χ4n) is 7.44. The van der Waals surface area contributed by atoms with Crippen LogP contribution >= 0.6 is 35.0 Å². The van der Waals surface area contributed by atoms with Crippen LogP contribution in [0.25, 0.3) is 0 Å². The summed E-state index contributed by atoms with van der Waals surface area (Å²) in [6.07, 6.45) is 0.777. The van der Waals surface area contributed by atoms with Gasteiger partial charge in [0.2, 0.25) is 5.91 Å². The predicted octanol–water partition coefficient (Wildman–Crippen LogP) is 4.96. The van der Waals surface area contributed by atoms with E-state index < -0.39 is 11.3 Å². The van der Waals surface area contributed by atoms with E-state index in [9.17, 15) is 14.4 Å². The van der Waals surface area contributed by atoms with Gasteiger partial charge in [-0.3, -0.25) is 14.5 Å². The lowest BCUT2D eigenvalue weighted by atomic mass is 10.0. The summed E-state index contributed by atoms with van der Waals surface area (Å²) in [5.74, 6) is 1.45. The molecular formula is C37H37BCl2N3O8S+. The summed E-state index contributed by atoms with van der Waals surface area (Å²) < 4.78 is 28.3. The molecule has 2 bridgehead atoms. The van der Waals surface area contributed by atoms with Crippen LogP contribution in [0.3, 0.4) is 0 Å². The molecular weight excluding hydrogens is 728 g/mol. The van der Waals surface area contributed by atoms with E-state index in [1.54, 1.807) is 26.4 Å². The van der Waals surface area contributed by atoms with Crippen molar-refractivity contribution in [3.8, 4) is 23.0 Å². The zero-order chi connectivity index (χ0) is 36.6. The van der Waals surface area contributed by atoms with Crippen LogP contribution in [0.5, 0.6) is 23.0 Å². The molecule has 52 heavy (non-hydrogen) atoms. The Balaban J connectivity index is 1.10. The Kier molecular flexibility index (Phi) is 10.6. The summed E-state index contributed by atoms with van der Waals surface area (Å²) in [6, 6.07) is 18.4. The number of thioether (sulfide) groups is 1. The molecule has 3 aromatic carbocycles. The number of methoxy groups -OCH3 is 2. The summed E-state index contributed by atoms with van der Waals surface area (Å²) in [5, 5.41) is -0.822. The first-order valence-electron chi connectivity index (χ1n) is 16.9. The van der Waals surface area contributed by atoms with Crippen molar-refractivity contribution in [2.45, 2.75) is 36.4 Å². The van der Waals surface area contributed by atoms with Crippen molar-refractivity contribution in [3.63, 3.8) is 0 Å². The number of rotatable bonds is 12. The van der Waals surface area contributed by atoms with Gasteiger partial charge in [-0.25, -0.2) is 4.79 Å². The zero-order valence-corrected chi connectivity index (χ0v) is 31.0. The minimum absolute atomic E-state index is 0.0423. The molecule has 0 saturated carbocycles. The highest BCUT2D eigenvalue weighted by Gasteiger charge is 2.55. The number of hydrogen-bond donors (Lipinski definition) is 0. The number of fused-ring (bicyclic) bond motifs is 3. The number of quaternary nitrogens is 1. The van der Waals surface area contributed by atoms with Crippen LogP contribution in [-0.4, -0.2) is 110 Å². The van der Waals surface area contributed by atoms with Crippen LogP contribution in [0.1, 0.15) is 27.9 Å². The third-order valence-corrected chi connectivity index (χ3v) is 12.5. The van der Waals surface area contributed by atoms with Crippen molar-refractivity contribution in [3.05, 3.63) is 93.6 Å². The van der Waals surface area contributed by atoms with E-state index in [1.165, 1.54) is 16.7 Å². The summed E-state index contributed by atoms with van der Waals surface area (Å²) >= 11 is 14.8. The lowest BCUT2D eigenvalue weighted by Gasteiger charge is -2.49. The van der Waals surface area contributed by atoms with Gasteiger partial charge < -0.3 is 33.0 Å². The zero-order valence-electron chi connectivity index (χ0n) is 28.7. The fourth-order valence-corrected chi connectivity index (χ4v) is 9.41. The number of carbonyl (C=O) groups is 3. The second kappa shape index (κ2) is 15.1. The number of amides is 2. The first-order chi connectivity index (χ1) is 25.1. The molecule has 15 heteroatoms. The van der Waals surface area contributed by atoms with Crippen LogP contribution in [0.4, 0.5) is 0 Å². The third kappa shape index (κ3) is 6.91. The summed E-state index contributed by atoms with van der Waals surface area (Å²) in [4.78, 5) is 43.0. The van der Waals surface area contributed by atoms with Crippen LogP contribution in [0.2, 0.25) is 5.02 Å². The monoisotopic (exact) mass is 764 g/mol. The maximum atomic E-state index is 14.3. The van der Waals surface area contributed by atoms with E-state index in [2.05, 4.69) is 4.65 Å². The van der Waals surface area contributed by atoms with Crippen molar-refractivity contribution in [2.24, 2.45) is 0 Å². The quantitative estimate of drug-likeness (QED) is 0.110. The van der Waals surface area contributed by atoms with E-state index in [1.807, 2.05) is 53.4 Å². The smallest absolute Gasteiger partial charge is 0.378 e. The molecule has 0 N–H and O–H groups in total. The number of piperazine rings is 1. The molecule has 3 saturated heterocycles. The maximum absolute atomic E-state index is 14.3. The molecule has 2 radical (unpaired) electrons. The second-order valence-electron chi connectivity index (χ2n) is 13.3. The van der Waals surface area contributed by atoms with Crippen LogP contribution in [-0.2, 0) is 27.5 Å². The largest absolute Gasteiger partial charge is 0.539 e. The highest BCUT2D eigenvalue weighted by molar-refractivity contribution is 8.00. The van der Waals surface area contributed by atoms with Crippen molar-refractivity contribution >= 4 is 60.8 Å². The molecule has 270 valence electrons. The third-order valence-electron chi connectivity index (χ3n) is 10.2. The Morgan fingerprint density at radius 1 is 0.942 bits per heavy atom. The van der Waals surface area contributed by atoms with Crippen LogP contribution in [0.15, 0.2) is 71.9 Å². The van der Waals surface area contributed by atoms with Crippen molar-refractivity contribution < 1.29 is 42.5 Å². The molecule has 0 aliphatic carbocycles. The molecule has 3 aromatic rings. The maximum Gasteiger partial charge on any atom is 0.378 e. The van der Waals surface area contributed by atoms with Crippen molar-refractivity contribution in [1.82, 2.24) is 9.80 Å². The molecule has 0 spiro atoms. The number of ether oxygens (including phenoxy) is 4. The molecule has 1 unspecified atom stereocenters. The SMILES string of the molecule is [B]OC(=O)C1=C(C[N@@+]23CC[C@@H](C2)N(C(=O)c2ccc(OCc4ccc(OC)cc4)c(OCc4ccc(OC)cc4)c2Cl)CC3)CS[C@@H]2C(Cl)C(=O)N12. The molecule has 4 aliphatic rings. The van der Waals surface area contributed by atoms with E-state index in [-0.39, 0.29) is 52.9 Å². The Labute approximate surface area is 317 Å². The molecule has 4 atom stereocenters. The van der Waals surface area contributed by atoms with Gasteiger partial charge in [0.25, 0.3) is 5.91 Å². The van der Waals surface area contributed by atoms with Gasteiger partial charge in [0.05, 0.1) is 57.0 Å². The first-order valence-corrected chi connectivity index (χ1v) is 18.7. The average Bonchev–Trinajstić information content (AvgIpc) is 3.50. The van der Waals surface area contributed by atoms with Gasteiger partial charge in [-0.2, -0.15) is 0 Å². The highest BCUT2D eigenvalue weighted by atomic mass is 35.5. The second-order valence-corrected chi connectivity index (χ2v) is 15.2. The van der Waals surface area contributed by atoms with Crippen LogP contribution < -0.4 is 18.9 Å². The van der Waals surface area contributed by atoms with E-state index in [0.717, 1.165) is 41.2 Å². The van der Waals surface area contributed by atoms with Gasteiger partial charge >= 0.3 is 14.0 Å². The van der Waals surface area contributed by atoms with Gasteiger partial charge in [-0.1, -0.05) is 35.9 Å². The normalized spacial score (nSPS) is 23.5. The first kappa shape index (κ1) is 36.3. The fraction of sp³-hybridized carbons (Fsp3) is 0.378. The molecule has 11 nitrogen and oxygen atoms in total. The van der Waals surface area contributed by atoms with Crippen molar-refractivity contribution in [1.29, 1.82) is 0 Å². The van der Waals surface area contributed by atoms with Gasteiger partial charge in [-0.15, -0.1) is 23.4 Å². The van der Waals surface area contributed by atoms with Gasteiger partial charge in [0.1, 0.15) is 47.7 Å². The Morgan fingerprint density at radius 3 is 2.23 bits per heavy atom. The lowest BCUT2D eigenvalue weighted by molar-refractivity contribution is -0.916. The number of β-lactam (4-membered cyclic amide) rings is 1. The number of halogens is 2. The van der Waals surface area contributed by atoms with E-state index in [0.29, 0.717) is 47.7 Å². The van der Waals surface area contributed by atoms with Crippen LogP contribution in [0, 0.1) is 0 Å². The standard InChI is InChI=1S/C37H37BCl2N3O8S/c1-47-26-7-3-22(4-8-26)19-49-29-12-11-28(30(39)33(29)50-20-23-5-9-27(48-2)10-6-23)34(44)41-14-16-43(15-13-25(41)18-43)17-24-21-52-36-31(40)35(45)42(36)32(24)37(46)51-38/h3-12,25,31,36H,13-21H2,1-2H3/q+1/t25-,31?,36+,43-/m0/s1. The minimum Gasteiger partial charge on any atom is -0.539 e. The molecule has 4 aliphatic heterocycles. The summed E-state index contributed by atoms with van der Waals surface area (Å²) in [7, 11) is 8.51. The number of nitrogens with zero attached hydrogens (tertiary/aromatic N) is 3. The average molecular weight is 766 g/mol. The molecule has 4 heterocycles. The highest BCUT2D eigenvalue weighted by Crippen LogP contribution is 2.45. The van der Waals surface area contributed by atoms with Gasteiger partial charge in [-0.05, 0) is 47.5 Å². The lowest BCUT2D eigenvalue weighted by Crippen LogP contribution is -2.64. The van der Waals surface area contributed by atoms with Gasteiger partial charge in [0.15, 0.2) is 11.5 Å². The number of carbonyl (C=O) groups excluding carboxylic acids is 3. The Morgan fingerprint density at radius 2 is 1.60 bits per heavy atom. The molecule has 0 aromatic heterocycles. The summed E-state index contributed by atoms with van der Waals surface area (Å²) in [5.41, 5.74) is 3.14. The summed E-state index contributed by atoms with van der Waals surface area (Å²) in [6.45, 7) is 3.65. The Bertz CT molecular complexity index is 1900. The number of benzene rings is 3.